The average molecular weight is 485 g/mol. The van der Waals surface area contributed by atoms with Crippen LogP contribution in [-0.2, 0) is 29.1 Å². The fraction of sp³-hybridized carbons (Fsp3) is 0.636. The third kappa shape index (κ3) is 7.78. The zero-order valence-electron chi connectivity index (χ0n) is 19.2. The lowest BCUT2D eigenvalue weighted by Crippen LogP contribution is -2.40. The molecule has 0 aliphatic heterocycles. The lowest BCUT2D eigenvalue weighted by molar-refractivity contribution is -0.387. The molecule has 1 aliphatic rings. The molecule has 1 saturated carbocycles. The van der Waals surface area contributed by atoms with E-state index in [0.717, 1.165) is 12.5 Å². The summed E-state index contributed by atoms with van der Waals surface area (Å²) >= 11 is 0. The number of hydrogen-bond donors (Lipinski definition) is 1. The predicted octanol–water partition coefficient (Wildman–Crippen LogP) is 3.20. The Balaban J connectivity index is 2.07. The summed E-state index contributed by atoms with van der Waals surface area (Å²) in [5.41, 5.74) is -0.490. The minimum Gasteiger partial charge on any atom is -0.466 e. The molecule has 0 aromatic heterocycles. The topological polar surface area (TPSA) is 142 Å². The van der Waals surface area contributed by atoms with Gasteiger partial charge in [0.2, 0.25) is 10.0 Å². The van der Waals surface area contributed by atoms with Gasteiger partial charge in [0.1, 0.15) is 6.10 Å². The van der Waals surface area contributed by atoms with E-state index >= 15 is 0 Å². The molecule has 4 atom stereocenters. The van der Waals surface area contributed by atoms with Gasteiger partial charge in [-0.2, -0.15) is 0 Å². The van der Waals surface area contributed by atoms with Gasteiger partial charge in [0.25, 0.3) is 5.69 Å². The molecule has 0 amide bonds. The fourth-order valence-electron chi connectivity index (χ4n) is 4.56. The van der Waals surface area contributed by atoms with Gasteiger partial charge in [-0.1, -0.05) is 19.1 Å². The average Bonchev–Trinajstić information content (AvgIpc) is 2.72. The van der Waals surface area contributed by atoms with Gasteiger partial charge in [0, 0.05) is 26.0 Å². The molecule has 0 bridgehead atoms. The van der Waals surface area contributed by atoms with Crippen molar-refractivity contribution in [3.63, 3.8) is 0 Å². The first-order chi connectivity index (χ1) is 15.5. The summed E-state index contributed by atoms with van der Waals surface area (Å²) in [5.74, 6) is -0.609. The molecule has 0 unspecified atom stereocenters. The number of para-hydroxylation sites is 1. The second kappa shape index (κ2) is 12.1. The molecule has 1 fully saturated rings. The Morgan fingerprint density at radius 3 is 2.58 bits per heavy atom. The van der Waals surface area contributed by atoms with Crippen LogP contribution in [0.1, 0.15) is 52.9 Å². The van der Waals surface area contributed by atoms with Gasteiger partial charge in [-0.3, -0.25) is 19.7 Å². The molecule has 2 rings (SSSR count). The second-order valence-corrected chi connectivity index (χ2v) is 10.2. The number of ether oxygens (including phenoxy) is 2. The van der Waals surface area contributed by atoms with Crippen LogP contribution in [0.5, 0.6) is 0 Å². The number of esters is 2. The Morgan fingerprint density at radius 2 is 1.94 bits per heavy atom. The fourth-order valence-corrected chi connectivity index (χ4v) is 5.80. The monoisotopic (exact) mass is 484 g/mol. The minimum atomic E-state index is -4.07. The molecule has 11 heteroatoms. The highest BCUT2D eigenvalue weighted by molar-refractivity contribution is 7.89. The van der Waals surface area contributed by atoms with Crippen molar-refractivity contribution in [2.24, 2.45) is 17.8 Å². The van der Waals surface area contributed by atoms with Crippen molar-refractivity contribution in [1.82, 2.24) is 4.72 Å². The number of nitrogens with one attached hydrogen (secondary N) is 1. The highest BCUT2D eigenvalue weighted by Crippen LogP contribution is 2.40. The number of carbonyl (C=O) groups is 2. The van der Waals surface area contributed by atoms with Crippen LogP contribution in [0.25, 0.3) is 0 Å². The van der Waals surface area contributed by atoms with E-state index < -0.39 is 26.6 Å². The van der Waals surface area contributed by atoms with E-state index in [4.69, 9.17) is 9.47 Å². The number of nitrogens with zero attached hydrogens (tertiary/aromatic N) is 1. The van der Waals surface area contributed by atoms with Crippen molar-refractivity contribution in [3.8, 4) is 0 Å². The third-order valence-corrected chi connectivity index (χ3v) is 7.34. The summed E-state index contributed by atoms with van der Waals surface area (Å²) in [4.78, 5) is 33.8. The zero-order valence-corrected chi connectivity index (χ0v) is 20.0. The molecule has 184 valence electrons. The quantitative estimate of drug-likeness (QED) is 0.218. The van der Waals surface area contributed by atoms with Gasteiger partial charge in [-0.15, -0.1) is 0 Å². The Morgan fingerprint density at radius 1 is 1.24 bits per heavy atom. The molecule has 10 nitrogen and oxygen atoms in total. The number of benzene rings is 1. The van der Waals surface area contributed by atoms with Crippen molar-refractivity contribution in [2.75, 3.05) is 13.2 Å². The molecule has 1 aromatic carbocycles. The Labute approximate surface area is 194 Å². The number of nitro benzene ring substituents is 1. The predicted molar refractivity (Wildman–Crippen MR) is 120 cm³/mol. The van der Waals surface area contributed by atoms with Crippen molar-refractivity contribution in [3.05, 3.63) is 34.4 Å². The summed E-state index contributed by atoms with van der Waals surface area (Å²) in [6.07, 6.45) is 2.24. The van der Waals surface area contributed by atoms with Crippen LogP contribution in [0, 0.1) is 27.9 Å². The van der Waals surface area contributed by atoms with E-state index in [1.165, 1.54) is 25.1 Å². The van der Waals surface area contributed by atoms with Crippen molar-refractivity contribution in [1.29, 1.82) is 0 Å². The van der Waals surface area contributed by atoms with Crippen LogP contribution < -0.4 is 4.72 Å². The summed E-state index contributed by atoms with van der Waals surface area (Å²) in [6.45, 7) is 5.47. The van der Waals surface area contributed by atoms with E-state index in [-0.39, 0.29) is 54.3 Å². The van der Waals surface area contributed by atoms with Gasteiger partial charge in [-0.25, -0.2) is 13.1 Å². The molecule has 0 heterocycles. The number of rotatable bonds is 11. The van der Waals surface area contributed by atoms with Crippen LogP contribution in [0.4, 0.5) is 5.69 Å². The van der Waals surface area contributed by atoms with E-state index in [1.54, 1.807) is 6.92 Å². The largest absolute Gasteiger partial charge is 0.466 e. The van der Waals surface area contributed by atoms with Gasteiger partial charge < -0.3 is 9.47 Å². The van der Waals surface area contributed by atoms with Crippen LogP contribution >= 0.6 is 0 Å². The van der Waals surface area contributed by atoms with E-state index in [2.05, 4.69) is 4.72 Å². The lowest BCUT2D eigenvalue weighted by Gasteiger charge is -2.40. The molecule has 1 N–H and O–H groups in total. The highest BCUT2D eigenvalue weighted by atomic mass is 32.2. The van der Waals surface area contributed by atoms with Gasteiger partial charge in [0.15, 0.2) is 4.90 Å². The molecule has 1 aliphatic carbocycles. The first-order valence-electron chi connectivity index (χ1n) is 11.1. The smallest absolute Gasteiger partial charge is 0.306 e. The van der Waals surface area contributed by atoms with E-state index in [0.29, 0.717) is 19.3 Å². The highest BCUT2D eigenvalue weighted by Gasteiger charge is 2.39. The van der Waals surface area contributed by atoms with Crippen LogP contribution in [0.2, 0.25) is 0 Å². The Bertz CT molecular complexity index is 949. The maximum atomic E-state index is 12.6. The number of nitro groups is 1. The van der Waals surface area contributed by atoms with E-state index in [1.807, 2.05) is 6.92 Å². The standard InChI is InChI=1S/C22H32N2O8S/c1-4-31-22(26)14-17-12-15(2)13-20(32-16(3)25)18(17)8-7-11-23-33(29,30)21-10-6-5-9-19(21)24(27)28/h5-6,9-10,15,17-18,20,23H,4,7-8,11-14H2,1-3H3/t15-,17-,18-,20-/m1/s1. The van der Waals surface area contributed by atoms with Gasteiger partial charge in [-0.05, 0) is 56.4 Å². The van der Waals surface area contributed by atoms with Crippen molar-refractivity contribution in [2.45, 2.75) is 63.9 Å². The summed E-state index contributed by atoms with van der Waals surface area (Å²) < 4.78 is 38.3. The summed E-state index contributed by atoms with van der Waals surface area (Å²) in [5, 5.41) is 11.2. The van der Waals surface area contributed by atoms with Crippen LogP contribution in [0.15, 0.2) is 29.2 Å². The van der Waals surface area contributed by atoms with Crippen molar-refractivity contribution >= 4 is 27.6 Å². The summed E-state index contributed by atoms with van der Waals surface area (Å²) in [7, 11) is -4.07. The van der Waals surface area contributed by atoms with Crippen LogP contribution in [-0.4, -0.2) is 44.5 Å². The molecular weight excluding hydrogens is 452 g/mol. The number of sulfonamides is 1. The number of carbonyl (C=O) groups excluding carboxylic acids is 2. The minimum absolute atomic E-state index is 0.0519. The molecule has 0 saturated heterocycles. The zero-order chi connectivity index (χ0) is 24.6. The van der Waals surface area contributed by atoms with Gasteiger partial charge in [0.05, 0.1) is 11.5 Å². The molecule has 0 radical (unpaired) electrons. The molecule has 1 aromatic rings. The lowest BCUT2D eigenvalue weighted by atomic mass is 9.69. The number of hydrogen-bond acceptors (Lipinski definition) is 8. The Hall–Kier alpha value is -2.53. The maximum Gasteiger partial charge on any atom is 0.306 e. The molecule has 33 heavy (non-hydrogen) atoms. The second-order valence-electron chi connectivity index (χ2n) is 8.42. The maximum absolute atomic E-state index is 12.6. The SMILES string of the molecule is CCOC(=O)C[C@H]1C[C@@H](C)C[C@@H](OC(C)=O)[C@@H]1CCCNS(=O)(=O)c1ccccc1[N+](=O)[O-]. The molecular formula is C22H32N2O8S. The van der Waals surface area contributed by atoms with Gasteiger partial charge >= 0.3 is 11.9 Å². The third-order valence-electron chi connectivity index (χ3n) is 5.83. The normalized spacial score (nSPS) is 23.0. The van der Waals surface area contributed by atoms with Crippen molar-refractivity contribution < 1.29 is 32.4 Å². The first kappa shape index (κ1) is 26.7. The molecule has 0 spiro atoms. The van der Waals surface area contributed by atoms with E-state index in [9.17, 15) is 28.1 Å². The Kier molecular flexibility index (Phi) is 9.78. The van der Waals surface area contributed by atoms with Crippen LogP contribution in [0.3, 0.4) is 0 Å². The first-order valence-corrected chi connectivity index (χ1v) is 12.6. The summed E-state index contributed by atoms with van der Waals surface area (Å²) in [6, 6.07) is 5.16.